The van der Waals surface area contributed by atoms with E-state index in [2.05, 4.69) is 9.55 Å². The fraction of sp³-hybridized carbons (Fsp3) is 0.733. The van der Waals surface area contributed by atoms with Gasteiger partial charge in [0.25, 0.3) is 0 Å². The summed E-state index contributed by atoms with van der Waals surface area (Å²) in [6, 6.07) is 0.371. The van der Waals surface area contributed by atoms with Gasteiger partial charge in [0.05, 0.1) is 7.11 Å². The van der Waals surface area contributed by atoms with Crippen LogP contribution in [0.25, 0.3) is 0 Å². The first-order chi connectivity index (χ1) is 9.69. The number of methoxy groups -OCH3 is 1. The Kier molecular flexibility index (Phi) is 5.04. The Hall–Kier alpha value is -1.52. The summed E-state index contributed by atoms with van der Waals surface area (Å²) in [6.45, 7) is 2.04. The van der Waals surface area contributed by atoms with E-state index in [1.54, 1.807) is 0 Å². The van der Waals surface area contributed by atoms with Gasteiger partial charge in [0.1, 0.15) is 11.6 Å². The van der Waals surface area contributed by atoms with E-state index in [1.807, 2.05) is 6.92 Å². The third kappa shape index (κ3) is 2.97. The van der Waals surface area contributed by atoms with Crippen LogP contribution in [0, 0.1) is 0 Å². The highest BCUT2D eigenvalue weighted by molar-refractivity contribution is 5.92. The molecule has 20 heavy (non-hydrogen) atoms. The lowest BCUT2D eigenvalue weighted by Gasteiger charge is -2.24. The zero-order valence-corrected chi connectivity index (χ0v) is 12.5. The Bertz CT molecular complexity index is 460. The second kappa shape index (κ2) is 6.77. The van der Waals surface area contributed by atoms with E-state index < -0.39 is 5.97 Å². The van der Waals surface area contributed by atoms with Gasteiger partial charge in [-0.25, -0.2) is 9.78 Å². The number of rotatable bonds is 3. The largest absolute Gasteiger partial charge is 0.464 e. The van der Waals surface area contributed by atoms with Crippen LogP contribution in [0.15, 0.2) is 0 Å². The van der Waals surface area contributed by atoms with Crippen molar-refractivity contribution in [2.24, 2.45) is 0 Å². The summed E-state index contributed by atoms with van der Waals surface area (Å²) in [7, 11) is 1.36. The number of ether oxygens (including phenoxy) is 1. The second-order valence-corrected chi connectivity index (χ2v) is 5.48. The van der Waals surface area contributed by atoms with E-state index in [0.29, 0.717) is 11.9 Å². The zero-order valence-electron chi connectivity index (χ0n) is 12.5. The van der Waals surface area contributed by atoms with Gasteiger partial charge in [0.2, 0.25) is 0 Å². The molecular formula is C15H25N3O2. The number of carbonyl (C=O) groups is 1. The molecule has 0 radical (unpaired) electrons. The number of anilines is 1. The summed E-state index contributed by atoms with van der Waals surface area (Å²) in [6.07, 6.45) is 9.37. The molecule has 0 aromatic carbocycles. The monoisotopic (exact) mass is 279 g/mol. The summed E-state index contributed by atoms with van der Waals surface area (Å²) < 4.78 is 6.85. The molecule has 1 aliphatic carbocycles. The summed E-state index contributed by atoms with van der Waals surface area (Å²) in [5.41, 5.74) is 6.45. The number of hydrogen-bond acceptors (Lipinski definition) is 4. The van der Waals surface area contributed by atoms with Gasteiger partial charge < -0.3 is 15.0 Å². The Morgan fingerprint density at radius 2 is 1.90 bits per heavy atom. The van der Waals surface area contributed by atoms with Crippen LogP contribution < -0.4 is 5.73 Å². The third-order valence-electron chi connectivity index (χ3n) is 4.16. The molecule has 5 heteroatoms. The van der Waals surface area contributed by atoms with Crippen molar-refractivity contribution in [1.82, 2.24) is 9.55 Å². The lowest BCUT2D eigenvalue weighted by atomic mass is 9.96. The van der Waals surface area contributed by atoms with Crippen LogP contribution in [-0.2, 0) is 11.2 Å². The first-order valence-corrected chi connectivity index (χ1v) is 7.63. The third-order valence-corrected chi connectivity index (χ3v) is 4.16. The fourth-order valence-electron chi connectivity index (χ4n) is 3.09. The van der Waals surface area contributed by atoms with E-state index in [4.69, 9.17) is 10.5 Å². The molecule has 2 N–H and O–H groups in total. The van der Waals surface area contributed by atoms with Gasteiger partial charge in [0.15, 0.2) is 5.69 Å². The van der Waals surface area contributed by atoms with Crippen LogP contribution in [0.1, 0.15) is 74.2 Å². The molecule has 0 spiro atoms. The highest BCUT2D eigenvalue weighted by atomic mass is 16.5. The normalized spacial score (nSPS) is 17.5. The lowest BCUT2D eigenvalue weighted by Crippen LogP contribution is -2.16. The minimum absolute atomic E-state index is 0.270. The molecule has 2 rings (SSSR count). The summed E-state index contributed by atoms with van der Waals surface area (Å²) in [5, 5.41) is 0. The number of nitrogens with zero attached hydrogens (tertiary/aromatic N) is 2. The minimum Gasteiger partial charge on any atom is -0.464 e. The molecule has 0 amide bonds. The molecule has 0 atom stereocenters. The number of imidazole rings is 1. The van der Waals surface area contributed by atoms with Crippen LogP contribution in [0.2, 0.25) is 0 Å². The van der Waals surface area contributed by atoms with E-state index in [9.17, 15) is 4.79 Å². The van der Waals surface area contributed by atoms with Gasteiger partial charge in [-0.05, 0) is 12.8 Å². The average molecular weight is 279 g/mol. The topological polar surface area (TPSA) is 70.1 Å². The van der Waals surface area contributed by atoms with Gasteiger partial charge in [-0.15, -0.1) is 0 Å². The number of nitrogens with two attached hydrogens (primary N) is 1. The van der Waals surface area contributed by atoms with Crippen molar-refractivity contribution in [3.63, 3.8) is 0 Å². The van der Waals surface area contributed by atoms with Crippen molar-refractivity contribution in [3.8, 4) is 0 Å². The predicted octanol–water partition coefficient (Wildman–Crippen LogP) is 3.10. The molecule has 0 saturated heterocycles. The maximum absolute atomic E-state index is 11.7. The van der Waals surface area contributed by atoms with Crippen LogP contribution >= 0.6 is 0 Å². The van der Waals surface area contributed by atoms with Gasteiger partial charge in [-0.1, -0.05) is 39.0 Å². The fourth-order valence-corrected chi connectivity index (χ4v) is 3.09. The molecule has 5 nitrogen and oxygen atoms in total. The van der Waals surface area contributed by atoms with E-state index in [1.165, 1.54) is 39.2 Å². The van der Waals surface area contributed by atoms with Gasteiger partial charge >= 0.3 is 5.97 Å². The molecule has 0 unspecified atom stereocenters. The molecule has 112 valence electrons. The summed E-state index contributed by atoms with van der Waals surface area (Å²) in [5.74, 6) is 0.926. The Morgan fingerprint density at radius 1 is 1.30 bits per heavy atom. The number of aryl methyl sites for hydroxylation is 1. The molecule has 1 fully saturated rings. The Morgan fingerprint density at radius 3 is 2.45 bits per heavy atom. The first kappa shape index (κ1) is 14.9. The molecule has 0 aliphatic heterocycles. The van der Waals surface area contributed by atoms with Crippen molar-refractivity contribution in [3.05, 3.63) is 11.5 Å². The van der Waals surface area contributed by atoms with Crippen molar-refractivity contribution >= 4 is 11.8 Å². The molecule has 1 aliphatic rings. The van der Waals surface area contributed by atoms with E-state index in [-0.39, 0.29) is 5.69 Å². The van der Waals surface area contributed by atoms with Crippen molar-refractivity contribution in [2.75, 3.05) is 12.8 Å². The molecule has 1 aromatic heterocycles. The minimum atomic E-state index is -0.443. The van der Waals surface area contributed by atoms with E-state index in [0.717, 1.165) is 25.1 Å². The number of aromatic nitrogens is 2. The van der Waals surface area contributed by atoms with Crippen molar-refractivity contribution in [2.45, 2.75) is 64.3 Å². The van der Waals surface area contributed by atoms with Gasteiger partial charge in [-0.2, -0.15) is 0 Å². The molecule has 1 aromatic rings. The molecule has 1 heterocycles. The average Bonchev–Trinajstić information content (AvgIpc) is 2.75. The van der Waals surface area contributed by atoms with Crippen molar-refractivity contribution in [1.29, 1.82) is 0 Å². The number of carbonyl (C=O) groups excluding carboxylic acids is 1. The van der Waals surface area contributed by atoms with Gasteiger partial charge in [0, 0.05) is 12.5 Å². The number of nitrogen functional groups attached to an aromatic ring is 1. The summed E-state index contributed by atoms with van der Waals surface area (Å²) in [4.78, 5) is 16.1. The lowest BCUT2D eigenvalue weighted by molar-refractivity contribution is 0.0595. The standard InChI is InChI=1S/C15H25N3O2/c1-3-12-17-13(15(19)20-2)14(16)18(12)11-9-7-5-4-6-8-10-11/h11H,3-10,16H2,1-2H3. The molecule has 0 bridgehead atoms. The highest BCUT2D eigenvalue weighted by Gasteiger charge is 2.25. The molecule has 1 saturated carbocycles. The molecular weight excluding hydrogens is 254 g/mol. The predicted molar refractivity (Wildman–Crippen MR) is 78.7 cm³/mol. The van der Waals surface area contributed by atoms with Crippen LogP contribution in [0.5, 0.6) is 0 Å². The number of hydrogen-bond donors (Lipinski definition) is 1. The second-order valence-electron chi connectivity index (χ2n) is 5.48. The van der Waals surface area contributed by atoms with Crippen LogP contribution in [-0.4, -0.2) is 22.6 Å². The SMILES string of the molecule is CCc1nc(C(=O)OC)c(N)n1C1CCCCCCC1. The number of esters is 1. The quantitative estimate of drug-likeness (QED) is 0.863. The summed E-state index contributed by atoms with van der Waals surface area (Å²) >= 11 is 0. The highest BCUT2D eigenvalue weighted by Crippen LogP contribution is 2.31. The maximum Gasteiger partial charge on any atom is 0.360 e. The smallest absolute Gasteiger partial charge is 0.360 e. The van der Waals surface area contributed by atoms with Gasteiger partial charge in [-0.3, -0.25) is 0 Å². The first-order valence-electron chi connectivity index (χ1n) is 7.63. The zero-order chi connectivity index (χ0) is 14.5. The maximum atomic E-state index is 11.7. The van der Waals surface area contributed by atoms with Crippen molar-refractivity contribution < 1.29 is 9.53 Å². The Labute approximate surface area is 120 Å². The van der Waals surface area contributed by atoms with Crippen LogP contribution in [0.4, 0.5) is 5.82 Å². The Balaban J connectivity index is 2.32. The van der Waals surface area contributed by atoms with Crippen LogP contribution in [0.3, 0.4) is 0 Å². The van der Waals surface area contributed by atoms with E-state index >= 15 is 0 Å².